The molecule has 1 aromatic carbocycles. The summed E-state index contributed by atoms with van der Waals surface area (Å²) >= 11 is 0. The summed E-state index contributed by atoms with van der Waals surface area (Å²) in [5, 5.41) is 9.13. The summed E-state index contributed by atoms with van der Waals surface area (Å²) in [7, 11) is 0. The molecule has 1 saturated heterocycles. The first kappa shape index (κ1) is 14.9. The highest BCUT2D eigenvalue weighted by Crippen LogP contribution is 2.57. The number of hydrogen-bond acceptors (Lipinski definition) is 3. The van der Waals surface area contributed by atoms with Gasteiger partial charge in [0.1, 0.15) is 0 Å². The first-order valence-electron chi connectivity index (χ1n) is 7.98. The van der Waals surface area contributed by atoms with Gasteiger partial charge in [-0.05, 0) is 32.0 Å². The summed E-state index contributed by atoms with van der Waals surface area (Å²) in [6.45, 7) is 4.04. The molecule has 1 saturated carbocycles. The first-order chi connectivity index (χ1) is 11.4. The summed E-state index contributed by atoms with van der Waals surface area (Å²) in [5.41, 5.74) is 2.78. The van der Waals surface area contributed by atoms with Crippen LogP contribution >= 0.6 is 0 Å². The summed E-state index contributed by atoms with van der Waals surface area (Å²) < 4.78 is 0. The van der Waals surface area contributed by atoms with Gasteiger partial charge in [0.15, 0.2) is 0 Å². The Morgan fingerprint density at radius 1 is 1.04 bits per heavy atom. The van der Waals surface area contributed by atoms with Crippen molar-refractivity contribution in [1.82, 2.24) is 0 Å². The molecule has 0 radical (unpaired) electrons. The van der Waals surface area contributed by atoms with Crippen molar-refractivity contribution in [2.45, 2.75) is 13.8 Å². The number of aromatic carboxylic acids is 1. The van der Waals surface area contributed by atoms with Gasteiger partial charge in [-0.15, -0.1) is 0 Å². The van der Waals surface area contributed by atoms with E-state index in [1.54, 1.807) is 12.1 Å². The Morgan fingerprint density at radius 3 is 2.12 bits per heavy atom. The molecule has 2 amide bonds. The summed E-state index contributed by atoms with van der Waals surface area (Å²) in [5.74, 6) is -2.24. The Balaban J connectivity index is 1.76. The van der Waals surface area contributed by atoms with Crippen molar-refractivity contribution in [3.05, 3.63) is 53.1 Å². The van der Waals surface area contributed by atoms with Gasteiger partial charge in [-0.2, -0.15) is 0 Å². The lowest BCUT2D eigenvalue weighted by atomic mass is 9.85. The first-order valence-corrected chi connectivity index (χ1v) is 7.98. The van der Waals surface area contributed by atoms with Crippen LogP contribution in [-0.2, 0) is 9.59 Å². The van der Waals surface area contributed by atoms with Crippen LogP contribution in [0.25, 0.3) is 0 Å². The van der Waals surface area contributed by atoms with Crippen LogP contribution in [0.4, 0.5) is 5.69 Å². The second kappa shape index (κ2) is 4.90. The maximum Gasteiger partial charge on any atom is 0.335 e. The molecule has 3 aliphatic rings. The number of fused-ring (bicyclic) bond motifs is 5. The van der Waals surface area contributed by atoms with Crippen LogP contribution in [0.15, 0.2) is 47.6 Å². The standard InChI is InChI=1S/C19H17NO4/c1-9(2)14-12-6-7-13(14)16-15(12)17(21)20(18(16)22)11-5-3-4-10(8-11)19(23)24/h3-8,12-13,15-16H,1-2H3,(H,23,24)/t12-,13-,15-,16-/m1/s1. The zero-order valence-corrected chi connectivity index (χ0v) is 13.4. The molecule has 5 nitrogen and oxygen atoms in total. The third-order valence-corrected chi connectivity index (χ3v) is 5.34. The number of allylic oxidation sites excluding steroid dienone is 4. The van der Waals surface area contributed by atoms with Gasteiger partial charge in [0.05, 0.1) is 23.1 Å². The molecule has 1 heterocycles. The van der Waals surface area contributed by atoms with Crippen LogP contribution in [0.2, 0.25) is 0 Å². The molecule has 1 aliphatic heterocycles. The summed E-state index contributed by atoms with van der Waals surface area (Å²) in [4.78, 5) is 38.2. The highest BCUT2D eigenvalue weighted by atomic mass is 16.4. The van der Waals surface area contributed by atoms with Crippen LogP contribution in [0.1, 0.15) is 24.2 Å². The van der Waals surface area contributed by atoms with Crippen LogP contribution in [0.5, 0.6) is 0 Å². The van der Waals surface area contributed by atoms with E-state index < -0.39 is 5.97 Å². The molecule has 1 N–H and O–H groups in total. The summed E-state index contributed by atoms with van der Waals surface area (Å²) in [6.07, 6.45) is 4.08. The van der Waals surface area contributed by atoms with E-state index in [4.69, 9.17) is 5.11 Å². The van der Waals surface area contributed by atoms with Crippen molar-refractivity contribution in [1.29, 1.82) is 0 Å². The Labute approximate surface area is 139 Å². The number of carbonyl (C=O) groups is 3. The maximum atomic E-state index is 12.9. The van der Waals surface area contributed by atoms with Crippen molar-refractivity contribution in [2.24, 2.45) is 23.7 Å². The molecular weight excluding hydrogens is 306 g/mol. The van der Waals surface area contributed by atoms with E-state index >= 15 is 0 Å². The molecule has 0 unspecified atom stereocenters. The van der Waals surface area contributed by atoms with Crippen LogP contribution in [0, 0.1) is 23.7 Å². The van der Waals surface area contributed by atoms with E-state index in [0.29, 0.717) is 5.69 Å². The van der Waals surface area contributed by atoms with Crippen molar-refractivity contribution >= 4 is 23.5 Å². The number of carboxylic acid groups (broad SMARTS) is 1. The average Bonchev–Trinajstić information content (AvgIpc) is 3.17. The minimum absolute atomic E-state index is 0.00546. The number of carbonyl (C=O) groups excluding carboxylic acids is 2. The van der Waals surface area contributed by atoms with Crippen molar-refractivity contribution in [3.8, 4) is 0 Å². The van der Waals surface area contributed by atoms with E-state index in [2.05, 4.69) is 0 Å². The van der Waals surface area contributed by atoms with Crippen molar-refractivity contribution < 1.29 is 19.5 Å². The Kier molecular flexibility index (Phi) is 3.04. The van der Waals surface area contributed by atoms with Gasteiger partial charge in [0.25, 0.3) is 0 Å². The van der Waals surface area contributed by atoms with E-state index in [0.717, 1.165) is 0 Å². The highest BCUT2D eigenvalue weighted by molar-refractivity contribution is 6.23. The third-order valence-electron chi connectivity index (χ3n) is 5.34. The van der Waals surface area contributed by atoms with Gasteiger partial charge in [0.2, 0.25) is 11.8 Å². The number of benzene rings is 1. The zero-order chi connectivity index (χ0) is 17.2. The van der Waals surface area contributed by atoms with Crippen molar-refractivity contribution in [2.75, 3.05) is 4.90 Å². The lowest BCUT2D eigenvalue weighted by Gasteiger charge is -2.19. The monoisotopic (exact) mass is 323 g/mol. The number of rotatable bonds is 2. The van der Waals surface area contributed by atoms with E-state index in [1.807, 2.05) is 26.0 Å². The quantitative estimate of drug-likeness (QED) is 0.670. The summed E-state index contributed by atoms with van der Waals surface area (Å²) in [6, 6.07) is 6.00. The second-order valence-electron chi connectivity index (χ2n) is 6.81. The number of amides is 2. The molecule has 5 heteroatoms. The molecule has 24 heavy (non-hydrogen) atoms. The van der Waals surface area contributed by atoms with Gasteiger partial charge in [0, 0.05) is 11.8 Å². The van der Waals surface area contributed by atoms with E-state index in [-0.39, 0.29) is 41.0 Å². The minimum atomic E-state index is -1.08. The second-order valence-corrected chi connectivity index (χ2v) is 6.81. The number of carboxylic acids is 1. The molecule has 2 bridgehead atoms. The molecule has 4 atom stereocenters. The number of hydrogen-bond donors (Lipinski definition) is 1. The van der Waals surface area contributed by atoms with Gasteiger partial charge in [-0.25, -0.2) is 9.69 Å². The van der Waals surface area contributed by atoms with Crippen molar-refractivity contribution in [3.63, 3.8) is 0 Å². The smallest absolute Gasteiger partial charge is 0.335 e. The third kappa shape index (κ3) is 1.78. The number of anilines is 1. The predicted octanol–water partition coefficient (Wildman–Crippen LogP) is 2.64. The zero-order valence-electron chi connectivity index (χ0n) is 13.4. The normalized spacial score (nSPS) is 30.2. The SMILES string of the molecule is CC(C)=C1[C@H]2C=C[C@H]1[C@H]1C(=O)N(c3cccc(C(=O)O)c3)C(=O)[C@@H]12. The molecule has 2 fully saturated rings. The lowest BCUT2D eigenvalue weighted by Crippen LogP contribution is -2.33. The number of nitrogens with zero attached hydrogens (tertiary/aromatic N) is 1. The fraction of sp³-hybridized carbons (Fsp3) is 0.316. The van der Waals surface area contributed by atoms with Gasteiger partial charge in [-0.3, -0.25) is 9.59 Å². The van der Waals surface area contributed by atoms with E-state index in [9.17, 15) is 14.4 Å². The Hall–Kier alpha value is -2.69. The topological polar surface area (TPSA) is 74.7 Å². The number of imide groups is 1. The van der Waals surface area contributed by atoms with Gasteiger partial charge >= 0.3 is 5.97 Å². The molecule has 0 spiro atoms. The highest BCUT2D eigenvalue weighted by Gasteiger charge is 2.61. The Bertz CT molecular complexity index is 813. The maximum absolute atomic E-state index is 12.9. The molecule has 0 aromatic heterocycles. The molecule has 1 aromatic rings. The van der Waals surface area contributed by atoms with Gasteiger partial charge in [-0.1, -0.05) is 29.4 Å². The molecule has 4 rings (SSSR count). The van der Waals surface area contributed by atoms with Gasteiger partial charge < -0.3 is 5.11 Å². The largest absolute Gasteiger partial charge is 0.478 e. The molecular formula is C19H17NO4. The minimum Gasteiger partial charge on any atom is -0.478 e. The molecule has 122 valence electrons. The molecule has 2 aliphatic carbocycles. The predicted molar refractivity (Wildman–Crippen MR) is 87.4 cm³/mol. The van der Waals surface area contributed by atoms with Crippen LogP contribution in [0.3, 0.4) is 0 Å². The van der Waals surface area contributed by atoms with Crippen LogP contribution < -0.4 is 4.90 Å². The fourth-order valence-corrected chi connectivity index (χ4v) is 4.46. The lowest BCUT2D eigenvalue weighted by molar-refractivity contribution is -0.122. The van der Waals surface area contributed by atoms with E-state index in [1.165, 1.54) is 28.2 Å². The van der Waals surface area contributed by atoms with Crippen LogP contribution in [-0.4, -0.2) is 22.9 Å². The fourth-order valence-electron chi connectivity index (χ4n) is 4.46. The average molecular weight is 323 g/mol. The Morgan fingerprint density at radius 2 is 1.62 bits per heavy atom.